The predicted molar refractivity (Wildman–Crippen MR) is 140 cm³/mol. The number of amides is 4. The zero-order valence-electron chi connectivity index (χ0n) is 18.7. The molecule has 0 radical (unpaired) electrons. The molecule has 0 aromatic heterocycles. The Labute approximate surface area is 220 Å². The van der Waals surface area contributed by atoms with Gasteiger partial charge in [-0.25, -0.2) is 9.69 Å². The van der Waals surface area contributed by atoms with Gasteiger partial charge in [0.2, 0.25) is 0 Å². The summed E-state index contributed by atoms with van der Waals surface area (Å²) < 4.78 is 6.68. The second-order valence-corrected chi connectivity index (χ2v) is 9.71. The maximum absolute atomic E-state index is 13.4. The molecule has 1 fully saturated rings. The van der Waals surface area contributed by atoms with Crippen molar-refractivity contribution in [1.82, 2.24) is 5.32 Å². The molecule has 0 bridgehead atoms. The normalized spacial score (nSPS) is 14.9. The number of ether oxygens (including phenoxy) is 1. The summed E-state index contributed by atoms with van der Waals surface area (Å²) in [6.07, 6.45) is 1.41. The number of nitrogens with one attached hydrogen (secondary N) is 1. The van der Waals surface area contributed by atoms with Crippen LogP contribution in [-0.2, 0) is 16.2 Å². The fourth-order valence-corrected chi connectivity index (χ4v) is 4.39. The molecule has 4 rings (SSSR count). The largest absolute Gasteiger partial charge is 0.488 e. The second-order valence-electron chi connectivity index (χ2n) is 7.95. The fourth-order valence-electron chi connectivity index (χ4n) is 3.55. The van der Waals surface area contributed by atoms with Crippen LogP contribution in [0.4, 0.5) is 10.5 Å². The molecule has 4 amide bonds. The Morgan fingerprint density at radius 2 is 1.77 bits per heavy atom. The van der Waals surface area contributed by atoms with E-state index in [-0.39, 0.29) is 12.2 Å². The number of carbonyl (C=O) groups is 3. The Morgan fingerprint density at radius 1 is 1.00 bits per heavy atom. The molecule has 1 heterocycles. The summed E-state index contributed by atoms with van der Waals surface area (Å²) in [5.41, 5.74) is 3.00. The maximum Gasteiger partial charge on any atom is 0.335 e. The van der Waals surface area contributed by atoms with E-state index in [0.717, 1.165) is 21.6 Å². The van der Waals surface area contributed by atoms with E-state index in [1.54, 1.807) is 49.4 Å². The van der Waals surface area contributed by atoms with Crippen molar-refractivity contribution in [3.05, 3.63) is 96.9 Å². The average molecular weight is 574 g/mol. The third-order valence-corrected chi connectivity index (χ3v) is 6.46. The first-order valence-electron chi connectivity index (χ1n) is 10.5. The summed E-state index contributed by atoms with van der Waals surface area (Å²) in [6.45, 7) is 3.79. The first-order valence-corrected chi connectivity index (χ1v) is 12.0. The van der Waals surface area contributed by atoms with Crippen LogP contribution in [0.2, 0.25) is 10.0 Å². The molecule has 0 unspecified atom stereocenters. The van der Waals surface area contributed by atoms with Crippen molar-refractivity contribution >= 4 is 68.7 Å². The van der Waals surface area contributed by atoms with Crippen LogP contribution in [0.25, 0.3) is 6.08 Å². The van der Waals surface area contributed by atoms with Crippen LogP contribution in [0.1, 0.15) is 22.3 Å². The van der Waals surface area contributed by atoms with E-state index in [1.807, 2.05) is 19.1 Å². The average Bonchev–Trinajstić information content (AvgIpc) is 2.79. The number of anilines is 1. The van der Waals surface area contributed by atoms with E-state index in [1.165, 1.54) is 6.08 Å². The van der Waals surface area contributed by atoms with Gasteiger partial charge in [0, 0.05) is 25.6 Å². The first kappa shape index (κ1) is 25.0. The van der Waals surface area contributed by atoms with Crippen LogP contribution in [0.3, 0.4) is 0 Å². The summed E-state index contributed by atoms with van der Waals surface area (Å²) in [5, 5.41) is 3.23. The number of barbiturate groups is 1. The Morgan fingerprint density at radius 3 is 2.51 bits per heavy atom. The number of rotatable bonds is 5. The standard InChI is InChI=1S/C26H19BrCl2N2O4/c1-14-3-4-15(2)22(9-14)31-25(33)20(24(32)30-26(31)34)11-17-10-18(27)6-8-23(17)35-13-16-5-7-19(28)12-21(16)29/h3-12H,13H2,1-2H3,(H,30,32,34)/b20-11+. The van der Waals surface area contributed by atoms with Gasteiger partial charge in [0.25, 0.3) is 11.8 Å². The SMILES string of the molecule is Cc1ccc(C)c(N2C(=O)NC(=O)/C(=C\c3cc(Br)ccc3OCc3ccc(Cl)cc3Cl)C2=O)c1. The van der Waals surface area contributed by atoms with E-state index >= 15 is 0 Å². The molecule has 0 saturated carbocycles. The quantitative estimate of drug-likeness (QED) is 0.275. The summed E-state index contributed by atoms with van der Waals surface area (Å²) in [7, 11) is 0. The lowest BCUT2D eigenvalue weighted by atomic mass is 10.0. The lowest BCUT2D eigenvalue weighted by Gasteiger charge is -2.28. The Hall–Kier alpha value is -3.13. The van der Waals surface area contributed by atoms with Crippen LogP contribution in [0.5, 0.6) is 5.75 Å². The number of benzene rings is 3. The van der Waals surface area contributed by atoms with Crippen LogP contribution in [-0.4, -0.2) is 17.8 Å². The van der Waals surface area contributed by atoms with Crippen LogP contribution < -0.4 is 15.0 Å². The molecule has 35 heavy (non-hydrogen) atoms. The molecule has 3 aromatic carbocycles. The van der Waals surface area contributed by atoms with E-state index in [4.69, 9.17) is 27.9 Å². The monoisotopic (exact) mass is 572 g/mol. The molecule has 0 atom stereocenters. The Bertz CT molecular complexity index is 1400. The van der Waals surface area contributed by atoms with Crippen LogP contribution in [0.15, 0.2) is 64.6 Å². The minimum atomic E-state index is -0.797. The number of nitrogens with zero attached hydrogens (tertiary/aromatic N) is 1. The van der Waals surface area contributed by atoms with Gasteiger partial charge in [-0.2, -0.15) is 0 Å². The summed E-state index contributed by atoms with van der Waals surface area (Å²) in [6, 6.07) is 14.9. The highest BCUT2D eigenvalue weighted by Gasteiger charge is 2.37. The van der Waals surface area contributed by atoms with Crippen molar-refractivity contribution in [2.45, 2.75) is 20.5 Å². The van der Waals surface area contributed by atoms with Crippen molar-refractivity contribution < 1.29 is 19.1 Å². The van der Waals surface area contributed by atoms with Gasteiger partial charge in [0.1, 0.15) is 17.9 Å². The summed E-state index contributed by atoms with van der Waals surface area (Å²) in [5.74, 6) is -1.09. The molecule has 6 nitrogen and oxygen atoms in total. The Balaban J connectivity index is 1.70. The molecule has 1 aliphatic heterocycles. The highest BCUT2D eigenvalue weighted by Crippen LogP contribution is 2.31. The van der Waals surface area contributed by atoms with E-state index < -0.39 is 17.8 Å². The molecular formula is C26H19BrCl2N2O4. The lowest BCUT2D eigenvalue weighted by Crippen LogP contribution is -2.54. The van der Waals surface area contributed by atoms with E-state index in [9.17, 15) is 14.4 Å². The Kier molecular flexibility index (Phi) is 7.31. The zero-order valence-corrected chi connectivity index (χ0v) is 21.8. The van der Waals surface area contributed by atoms with Gasteiger partial charge in [-0.15, -0.1) is 0 Å². The van der Waals surface area contributed by atoms with Gasteiger partial charge in [0.05, 0.1) is 5.69 Å². The molecule has 1 saturated heterocycles. The summed E-state index contributed by atoms with van der Waals surface area (Å²) >= 11 is 15.6. The van der Waals surface area contributed by atoms with Crippen molar-refractivity contribution in [3.63, 3.8) is 0 Å². The molecule has 0 spiro atoms. The number of carbonyl (C=O) groups excluding carboxylic acids is 3. The smallest absolute Gasteiger partial charge is 0.335 e. The minimum Gasteiger partial charge on any atom is -0.488 e. The van der Waals surface area contributed by atoms with Crippen molar-refractivity contribution in [2.24, 2.45) is 0 Å². The van der Waals surface area contributed by atoms with Crippen molar-refractivity contribution in [3.8, 4) is 5.75 Å². The van der Waals surface area contributed by atoms with Gasteiger partial charge >= 0.3 is 6.03 Å². The number of imide groups is 2. The zero-order chi connectivity index (χ0) is 25.3. The van der Waals surface area contributed by atoms with Gasteiger partial charge in [0.15, 0.2) is 0 Å². The number of hydrogen-bond acceptors (Lipinski definition) is 4. The molecule has 1 aliphatic rings. The van der Waals surface area contributed by atoms with E-state index in [0.29, 0.717) is 31.5 Å². The number of hydrogen-bond donors (Lipinski definition) is 1. The topological polar surface area (TPSA) is 75.7 Å². The highest BCUT2D eigenvalue weighted by molar-refractivity contribution is 9.10. The number of urea groups is 1. The van der Waals surface area contributed by atoms with Gasteiger partial charge in [-0.3, -0.25) is 14.9 Å². The van der Waals surface area contributed by atoms with Crippen LogP contribution in [0, 0.1) is 13.8 Å². The third kappa shape index (κ3) is 5.42. The molecule has 3 aromatic rings. The summed E-state index contributed by atoms with van der Waals surface area (Å²) in [4.78, 5) is 39.6. The lowest BCUT2D eigenvalue weighted by molar-refractivity contribution is -0.122. The van der Waals surface area contributed by atoms with E-state index in [2.05, 4.69) is 21.2 Å². The van der Waals surface area contributed by atoms with Gasteiger partial charge in [-0.1, -0.05) is 57.3 Å². The van der Waals surface area contributed by atoms with Crippen LogP contribution >= 0.6 is 39.1 Å². The third-order valence-electron chi connectivity index (χ3n) is 5.38. The van der Waals surface area contributed by atoms with Crippen molar-refractivity contribution in [1.29, 1.82) is 0 Å². The molecule has 178 valence electrons. The van der Waals surface area contributed by atoms with Gasteiger partial charge < -0.3 is 4.74 Å². The number of aryl methyl sites for hydroxylation is 2. The second kappa shape index (κ2) is 10.2. The number of halogens is 3. The molecule has 1 N–H and O–H groups in total. The fraction of sp³-hybridized carbons (Fsp3) is 0.115. The predicted octanol–water partition coefficient (Wildman–Crippen LogP) is 6.62. The van der Waals surface area contributed by atoms with Gasteiger partial charge in [-0.05, 0) is 67.4 Å². The first-order chi connectivity index (χ1) is 16.6. The molecule has 9 heteroatoms. The molecule has 0 aliphatic carbocycles. The maximum atomic E-state index is 13.4. The van der Waals surface area contributed by atoms with Crippen molar-refractivity contribution in [2.75, 3.05) is 4.90 Å². The highest BCUT2D eigenvalue weighted by atomic mass is 79.9. The molecular weight excluding hydrogens is 555 g/mol. The minimum absolute atomic E-state index is 0.140.